The minimum absolute atomic E-state index is 0.0174. The zero-order chi connectivity index (χ0) is 38.4. The van der Waals surface area contributed by atoms with Crippen LogP contribution in [0.2, 0.25) is 0 Å². The molecule has 53 heavy (non-hydrogen) atoms. The lowest BCUT2D eigenvalue weighted by atomic mass is 9.33. The average molecular weight is 756 g/mol. The number of carboxylic acids is 1. The van der Waals surface area contributed by atoms with Crippen LogP contribution < -0.4 is 5.32 Å². The molecule has 7 rings (SSSR count). The molecule has 4 saturated carbocycles. The highest BCUT2D eigenvalue weighted by Gasteiger charge is 2.70. The van der Waals surface area contributed by atoms with Crippen molar-refractivity contribution in [3.05, 3.63) is 35.5 Å². The van der Waals surface area contributed by atoms with E-state index < -0.39 is 28.1 Å². The monoisotopic (exact) mass is 756 g/mol. The molecule has 1 heterocycles. The molecule has 10 unspecified atom stereocenters. The van der Waals surface area contributed by atoms with Gasteiger partial charge in [-0.15, -0.1) is 0 Å². The van der Waals surface area contributed by atoms with Crippen molar-refractivity contribution in [2.24, 2.45) is 56.7 Å². The van der Waals surface area contributed by atoms with Gasteiger partial charge in [0.2, 0.25) is 10.0 Å². The largest absolute Gasteiger partial charge is 0.481 e. The molecule has 0 spiro atoms. The highest BCUT2D eigenvalue weighted by Crippen LogP contribution is 2.76. The lowest BCUT2D eigenvalue weighted by molar-refractivity contribution is -0.221. The van der Waals surface area contributed by atoms with Gasteiger partial charge in [-0.25, -0.2) is 12.8 Å². The van der Waals surface area contributed by atoms with Gasteiger partial charge in [0.05, 0.1) is 11.7 Å². The Morgan fingerprint density at radius 2 is 1.64 bits per heavy atom. The normalized spacial score (nSPS) is 44.5. The number of carbonyl (C=O) groups is 1. The summed E-state index contributed by atoms with van der Waals surface area (Å²) in [4.78, 5) is 14.4. The van der Waals surface area contributed by atoms with Crippen molar-refractivity contribution >= 4 is 16.0 Å². The Kier molecular flexibility index (Phi) is 10.1. The first kappa shape index (κ1) is 39.7. The van der Waals surface area contributed by atoms with Crippen LogP contribution in [0.15, 0.2) is 35.5 Å². The maximum Gasteiger partial charge on any atom is 0.312 e. The Hall–Kier alpha value is -1.55. The van der Waals surface area contributed by atoms with E-state index in [4.69, 9.17) is 0 Å². The van der Waals surface area contributed by atoms with Crippen LogP contribution in [0, 0.1) is 56.7 Å². The third-order valence-corrected chi connectivity index (χ3v) is 19.3. The molecule has 0 bridgehead atoms. The molecule has 10 atom stereocenters. The first-order valence-electron chi connectivity index (χ1n) is 21.1. The van der Waals surface area contributed by atoms with E-state index in [0.717, 1.165) is 32.6 Å². The van der Waals surface area contributed by atoms with E-state index in [1.807, 2.05) is 0 Å². The molecule has 7 aliphatic rings. The topological polar surface area (TPSA) is 90.0 Å². The summed E-state index contributed by atoms with van der Waals surface area (Å²) in [5.74, 6) is 2.01. The quantitative estimate of drug-likeness (QED) is 0.231. The number of piperazine rings is 1. The van der Waals surface area contributed by atoms with E-state index in [1.165, 1.54) is 74.3 Å². The number of carboxylic acid groups (broad SMARTS) is 1. The van der Waals surface area contributed by atoms with Crippen LogP contribution in [0.5, 0.6) is 0 Å². The van der Waals surface area contributed by atoms with E-state index in [-0.39, 0.29) is 33.6 Å². The molecular formula is C44H70FN3O4S. The Morgan fingerprint density at radius 1 is 0.925 bits per heavy atom. The molecule has 9 heteroatoms. The number of nitrogens with one attached hydrogen (secondary N) is 1. The van der Waals surface area contributed by atoms with Crippen molar-refractivity contribution in [2.75, 3.05) is 52.2 Å². The number of sulfonamides is 1. The van der Waals surface area contributed by atoms with Crippen LogP contribution >= 0.6 is 0 Å². The van der Waals surface area contributed by atoms with Gasteiger partial charge in [0.15, 0.2) is 0 Å². The minimum atomic E-state index is -3.12. The summed E-state index contributed by atoms with van der Waals surface area (Å²) < 4.78 is 39.7. The minimum Gasteiger partial charge on any atom is -0.481 e. The number of nitrogens with zero attached hydrogens (tertiary/aromatic N) is 2. The highest BCUT2D eigenvalue weighted by atomic mass is 32.2. The second-order valence-corrected chi connectivity index (χ2v) is 22.5. The fourth-order valence-corrected chi connectivity index (χ4v) is 15.7. The second kappa shape index (κ2) is 13.5. The lowest BCUT2D eigenvalue weighted by Gasteiger charge is -2.72. The van der Waals surface area contributed by atoms with Gasteiger partial charge in [-0.2, -0.15) is 4.31 Å². The van der Waals surface area contributed by atoms with Gasteiger partial charge in [0, 0.05) is 44.8 Å². The van der Waals surface area contributed by atoms with Crippen LogP contribution in [0.3, 0.4) is 0 Å². The lowest BCUT2D eigenvalue weighted by Crippen LogP contribution is -2.68. The second-order valence-electron chi connectivity index (χ2n) is 20.5. The number of fused-ring (bicyclic) bond motifs is 7. The molecule has 5 fully saturated rings. The van der Waals surface area contributed by atoms with Gasteiger partial charge in [-0.1, -0.05) is 58.9 Å². The Balaban J connectivity index is 1.11. The molecule has 1 saturated heterocycles. The van der Waals surface area contributed by atoms with Crippen LogP contribution in [0.1, 0.15) is 119 Å². The standard InChI is InChI=1S/C44H70FN3O4S/c1-30(2)32-13-20-44(46-23-24-47-25-27-48(28-26-47)53(8,51)52)22-21-41(6)34(37(32)44)9-10-36-40(5)16-14-33(39(3,4)35(40)15-17-42(36,41)7)31-11-18-43(29-45,19-12-31)38(49)50/h11,14,32,34-37,46H,1,9-10,12-13,15-29H2,2-8H3,(H,49,50). The zero-order valence-corrected chi connectivity index (χ0v) is 34.9. The molecule has 2 N–H and O–H groups in total. The van der Waals surface area contributed by atoms with E-state index in [2.05, 4.69) is 70.5 Å². The molecule has 6 aliphatic carbocycles. The maximum atomic E-state index is 14.0. The summed E-state index contributed by atoms with van der Waals surface area (Å²) in [6.07, 6.45) is 18.3. The molecule has 0 amide bonds. The Morgan fingerprint density at radius 3 is 2.25 bits per heavy atom. The summed E-state index contributed by atoms with van der Waals surface area (Å²) >= 11 is 0. The number of allylic oxidation sites excluding steroid dienone is 5. The van der Waals surface area contributed by atoms with Crippen molar-refractivity contribution in [3.63, 3.8) is 0 Å². The summed E-state index contributed by atoms with van der Waals surface area (Å²) in [7, 11) is -3.12. The number of alkyl halides is 1. The Labute approximate surface area is 320 Å². The first-order chi connectivity index (χ1) is 24.8. The van der Waals surface area contributed by atoms with Crippen molar-refractivity contribution < 1.29 is 22.7 Å². The van der Waals surface area contributed by atoms with Gasteiger partial charge >= 0.3 is 5.97 Å². The van der Waals surface area contributed by atoms with E-state index >= 15 is 0 Å². The van der Waals surface area contributed by atoms with Crippen LogP contribution in [-0.4, -0.2) is 86.4 Å². The molecule has 0 radical (unpaired) electrons. The van der Waals surface area contributed by atoms with Gasteiger partial charge in [-0.3, -0.25) is 9.69 Å². The first-order valence-corrected chi connectivity index (χ1v) is 22.9. The fraction of sp³-hybridized carbons (Fsp3) is 0.841. The molecule has 7 nitrogen and oxygen atoms in total. The zero-order valence-electron chi connectivity index (χ0n) is 34.0. The summed E-state index contributed by atoms with van der Waals surface area (Å²) in [5.41, 5.74) is 3.61. The fourth-order valence-electron chi connectivity index (χ4n) is 14.9. The number of hydrogen-bond acceptors (Lipinski definition) is 5. The number of rotatable bonds is 9. The summed E-state index contributed by atoms with van der Waals surface area (Å²) in [6.45, 7) is 23.7. The molecule has 0 aromatic heterocycles. The highest BCUT2D eigenvalue weighted by molar-refractivity contribution is 7.88. The smallest absolute Gasteiger partial charge is 0.312 e. The molecule has 0 aromatic carbocycles. The molecule has 1 aliphatic heterocycles. The van der Waals surface area contributed by atoms with Crippen molar-refractivity contribution in [3.8, 4) is 0 Å². The van der Waals surface area contributed by atoms with Gasteiger partial charge < -0.3 is 10.4 Å². The predicted molar refractivity (Wildman–Crippen MR) is 212 cm³/mol. The van der Waals surface area contributed by atoms with Gasteiger partial charge in [0.25, 0.3) is 0 Å². The molecule has 298 valence electrons. The average Bonchev–Trinajstić information content (AvgIpc) is 3.48. The summed E-state index contributed by atoms with van der Waals surface area (Å²) in [5, 5.41) is 14.1. The van der Waals surface area contributed by atoms with Crippen molar-refractivity contribution in [1.29, 1.82) is 0 Å². The van der Waals surface area contributed by atoms with Crippen LogP contribution in [0.25, 0.3) is 0 Å². The SMILES string of the molecule is C=C(C)C1CCC2(NCCN3CCN(S(C)(=O)=O)CC3)CCC3(C)C(CCC4C5(C)CC=C(C6=CCC(CF)(C(=O)O)CC6)C(C)(C)C5CCC43C)C12. The van der Waals surface area contributed by atoms with Crippen LogP contribution in [0.4, 0.5) is 4.39 Å². The number of aliphatic carboxylic acids is 1. The van der Waals surface area contributed by atoms with Crippen molar-refractivity contribution in [1.82, 2.24) is 14.5 Å². The Bertz CT molecular complexity index is 1650. The third-order valence-electron chi connectivity index (χ3n) is 18.0. The maximum absolute atomic E-state index is 14.0. The predicted octanol–water partition coefficient (Wildman–Crippen LogP) is 8.25. The van der Waals surface area contributed by atoms with Crippen LogP contribution in [-0.2, 0) is 14.8 Å². The van der Waals surface area contributed by atoms with Gasteiger partial charge in [0.1, 0.15) is 6.67 Å². The van der Waals surface area contributed by atoms with E-state index in [1.54, 1.807) is 4.31 Å². The molecular weight excluding hydrogens is 686 g/mol. The molecule has 0 aromatic rings. The van der Waals surface area contributed by atoms with Gasteiger partial charge in [-0.05, 0) is 146 Å². The number of halogens is 1. The third kappa shape index (κ3) is 6.09. The number of hydrogen-bond donors (Lipinski definition) is 2. The summed E-state index contributed by atoms with van der Waals surface area (Å²) in [6, 6.07) is 0. The van der Waals surface area contributed by atoms with Crippen molar-refractivity contribution in [2.45, 2.75) is 124 Å². The van der Waals surface area contributed by atoms with E-state index in [9.17, 15) is 22.7 Å². The van der Waals surface area contributed by atoms with E-state index in [0.29, 0.717) is 55.5 Å².